The maximum Gasteiger partial charge on any atom is 0.410 e. The van der Waals surface area contributed by atoms with E-state index in [1.165, 1.54) is 11.0 Å². The number of pyridine rings is 1. The van der Waals surface area contributed by atoms with E-state index < -0.39 is 11.7 Å². The fourth-order valence-electron chi connectivity index (χ4n) is 3.14. The second kappa shape index (κ2) is 9.83. The van der Waals surface area contributed by atoms with Crippen molar-refractivity contribution in [1.82, 2.24) is 9.88 Å². The first-order chi connectivity index (χ1) is 15.4. The van der Waals surface area contributed by atoms with Crippen LogP contribution < -0.4 is 9.64 Å². The van der Waals surface area contributed by atoms with Crippen LogP contribution in [0.15, 0.2) is 42.5 Å². The molecular formula is C25H29ClFN3O3. The number of carbonyl (C=O) groups excluding carboxylic acids is 1. The van der Waals surface area contributed by atoms with Crippen molar-refractivity contribution in [2.75, 3.05) is 39.2 Å². The fourth-order valence-corrected chi connectivity index (χ4v) is 3.39. The Kier molecular flexibility index (Phi) is 7.32. The van der Waals surface area contributed by atoms with Gasteiger partial charge in [0.2, 0.25) is 0 Å². The van der Waals surface area contributed by atoms with Crippen LogP contribution in [0.4, 0.5) is 14.9 Å². The Bertz CT molecular complexity index is 1140. The predicted octanol–water partition coefficient (Wildman–Crippen LogP) is 6.01. The summed E-state index contributed by atoms with van der Waals surface area (Å²) in [6, 6.07) is 12.3. The van der Waals surface area contributed by atoms with Crippen LogP contribution in [-0.2, 0) is 4.74 Å². The van der Waals surface area contributed by atoms with E-state index in [1.54, 1.807) is 38.2 Å². The second-order valence-electron chi connectivity index (χ2n) is 8.98. The van der Waals surface area contributed by atoms with Crippen LogP contribution >= 0.6 is 11.6 Å². The van der Waals surface area contributed by atoms with Gasteiger partial charge in [-0.1, -0.05) is 11.6 Å². The molecule has 0 aliphatic carbocycles. The Morgan fingerprint density at radius 1 is 1.09 bits per heavy atom. The van der Waals surface area contributed by atoms with Crippen molar-refractivity contribution in [2.45, 2.75) is 26.4 Å². The molecule has 0 fully saturated rings. The smallest absolute Gasteiger partial charge is 0.410 e. The zero-order chi connectivity index (χ0) is 24.3. The molecule has 8 heteroatoms. The van der Waals surface area contributed by atoms with E-state index in [-0.39, 0.29) is 5.82 Å². The van der Waals surface area contributed by atoms with E-state index in [9.17, 15) is 9.18 Å². The molecule has 0 bridgehead atoms. The van der Waals surface area contributed by atoms with Crippen molar-refractivity contribution in [3.63, 3.8) is 0 Å². The molecule has 176 valence electrons. The SMILES string of the molecule is CN(CCOc1ccc(-c2cc(Cl)c3cc(F)c(N(C)C)cc3n2)cc1)C(=O)OC(C)(C)C. The van der Waals surface area contributed by atoms with Crippen LogP contribution in [0.5, 0.6) is 5.75 Å². The van der Waals surface area contributed by atoms with Gasteiger partial charge in [0.1, 0.15) is 23.8 Å². The standard InChI is InChI=1S/C25H29ClFN3O3/c1-25(2,3)33-24(31)30(6)11-12-32-17-9-7-16(8-10-17)21-14-19(26)18-13-20(27)23(29(4)5)15-22(18)28-21/h7-10,13-15H,11-12H2,1-6H3. The van der Waals surface area contributed by atoms with Crippen LogP contribution in [0.3, 0.4) is 0 Å². The molecule has 0 unspecified atom stereocenters. The largest absolute Gasteiger partial charge is 0.492 e. The van der Waals surface area contributed by atoms with Crippen molar-refractivity contribution >= 4 is 34.3 Å². The summed E-state index contributed by atoms with van der Waals surface area (Å²) in [6.07, 6.45) is -0.391. The van der Waals surface area contributed by atoms with E-state index >= 15 is 0 Å². The number of halogens is 2. The lowest BCUT2D eigenvalue weighted by Crippen LogP contribution is -2.36. The molecule has 1 heterocycles. The normalized spacial score (nSPS) is 11.4. The number of hydrogen-bond donors (Lipinski definition) is 0. The monoisotopic (exact) mass is 473 g/mol. The van der Waals surface area contributed by atoms with Gasteiger partial charge in [0, 0.05) is 32.1 Å². The third-order valence-electron chi connectivity index (χ3n) is 4.86. The maximum atomic E-state index is 14.3. The number of hydrogen-bond acceptors (Lipinski definition) is 5. The lowest BCUT2D eigenvalue weighted by atomic mass is 10.1. The number of fused-ring (bicyclic) bond motifs is 1. The highest BCUT2D eigenvalue weighted by Gasteiger charge is 2.19. The molecule has 2 aromatic carbocycles. The molecule has 3 aromatic rings. The minimum Gasteiger partial charge on any atom is -0.492 e. The van der Waals surface area contributed by atoms with Gasteiger partial charge in [-0.25, -0.2) is 14.2 Å². The fraction of sp³-hybridized carbons (Fsp3) is 0.360. The first-order valence-electron chi connectivity index (χ1n) is 10.6. The van der Waals surface area contributed by atoms with Gasteiger partial charge >= 0.3 is 6.09 Å². The van der Waals surface area contributed by atoms with Gasteiger partial charge in [-0.05, 0) is 63.2 Å². The highest BCUT2D eigenvalue weighted by Crippen LogP contribution is 2.32. The molecule has 1 amide bonds. The van der Waals surface area contributed by atoms with Crippen molar-refractivity contribution < 1.29 is 18.7 Å². The second-order valence-corrected chi connectivity index (χ2v) is 9.39. The van der Waals surface area contributed by atoms with Gasteiger partial charge in [-0.3, -0.25) is 0 Å². The molecule has 0 saturated carbocycles. The molecule has 0 atom stereocenters. The Morgan fingerprint density at radius 2 is 1.76 bits per heavy atom. The predicted molar refractivity (Wildman–Crippen MR) is 131 cm³/mol. The highest BCUT2D eigenvalue weighted by molar-refractivity contribution is 6.35. The minimum atomic E-state index is -0.538. The van der Waals surface area contributed by atoms with E-state index in [2.05, 4.69) is 4.98 Å². The topological polar surface area (TPSA) is 54.9 Å². The molecular weight excluding hydrogens is 445 g/mol. The highest BCUT2D eigenvalue weighted by atomic mass is 35.5. The molecule has 33 heavy (non-hydrogen) atoms. The Morgan fingerprint density at radius 3 is 2.36 bits per heavy atom. The number of nitrogens with zero attached hydrogens (tertiary/aromatic N) is 3. The van der Waals surface area contributed by atoms with Gasteiger partial charge < -0.3 is 19.3 Å². The number of anilines is 1. The Balaban J connectivity index is 1.69. The number of rotatable bonds is 6. The van der Waals surface area contributed by atoms with Crippen molar-refractivity contribution in [1.29, 1.82) is 0 Å². The van der Waals surface area contributed by atoms with Crippen LogP contribution in [0, 0.1) is 5.82 Å². The molecule has 0 N–H and O–H groups in total. The van der Waals surface area contributed by atoms with E-state index in [0.717, 1.165) is 5.56 Å². The van der Waals surface area contributed by atoms with E-state index in [1.807, 2.05) is 45.0 Å². The number of benzene rings is 2. The summed E-state index contributed by atoms with van der Waals surface area (Å²) >= 11 is 6.42. The lowest BCUT2D eigenvalue weighted by Gasteiger charge is -2.24. The zero-order valence-corrected chi connectivity index (χ0v) is 20.5. The van der Waals surface area contributed by atoms with Gasteiger partial charge in [-0.2, -0.15) is 0 Å². The molecule has 6 nitrogen and oxygen atoms in total. The summed E-state index contributed by atoms with van der Waals surface area (Å²) in [6.45, 7) is 6.20. The number of aromatic nitrogens is 1. The molecule has 0 spiro atoms. The summed E-state index contributed by atoms with van der Waals surface area (Å²) in [5, 5.41) is 1.00. The van der Waals surface area contributed by atoms with Crippen LogP contribution in [-0.4, -0.2) is 55.9 Å². The molecule has 0 radical (unpaired) electrons. The zero-order valence-electron chi connectivity index (χ0n) is 19.8. The first kappa shape index (κ1) is 24.6. The van der Waals surface area contributed by atoms with E-state index in [0.29, 0.717) is 46.2 Å². The number of likely N-dealkylation sites (N-methyl/N-ethyl adjacent to an activating group) is 1. The Labute approximate surface area is 198 Å². The lowest BCUT2D eigenvalue weighted by molar-refractivity contribution is 0.0278. The van der Waals surface area contributed by atoms with Crippen LogP contribution in [0.25, 0.3) is 22.2 Å². The molecule has 1 aromatic heterocycles. The molecule has 0 saturated heterocycles. The average molecular weight is 474 g/mol. The maximum absolute atomic E-state index is 14.3. The molecule has 3 rings (SSSR count). The van der Waals surface area contributed by atoms with Crippen molar-refractivity contribution in [3.8, 4) is 17.0 Å². The van der Waals surface area contributed by atoms with Gasteiger partial charge in [-0.15, -0.1) is 0 Å². The van der Waals surface area contributed by atoms with Gasteiger partial charge in [0.05, 0.1) is 28.5 Å². The summed E-state index contributed by atoms with van der Waals surface area (Å²) in [5.74, 6) is 0.322. The summed E-state index contributed by atoms with van der Waals surface area (Å²) < 4.78 is 25.4. The third-order valence-corrected chi connectivity index (χ3v) is 5.17. The van der Waals surface area contributed by atoms with Crippen LogP contribution in [0.2, 0.25) is 5.02 Å². The van der Waals surface area contributed by atoms with Crippen molar-refractivity contribution in [3.05, 3.63) is 53.3 Å². The quantitative estimate of drug-likeness (QED) is 0.439. The number of ether oxygens (including phenoxy) is 2. The van der Waals surface area contributed by atoms with Gasteiger partial charge in [0.25, 0.3) is 0 Å². The first-order valence-corrected chi connectivity index (χ1v) is 11.0. The van der Waals surface area contributed by atoms with Crippen molar-refractivity contribution in [2.24, 2.45) is 0 Å². The minimum absolute atomic E-state index is 0.327. The molecule has 0 aliphatic rings. The summed E-state index contributed by atoms with van der Waals surface area (Å²) in [5.41, 5.74) is 2.06. The number of amides is 1. The number of carbonyl (C=O) groups is 1. The summed E-state index contributed by atoms with van der Waals surface area (Å²) in [7, 11) is 5.22. The van der Waals surface area contributed by atoms with Crippen LogP contribution in [0.1, 0.15) is 20.8 Å². The molecule has 0 aliphatic heterocycles. The summed E-state index contributed by atoms with van der Waals surface area (Å²) in [4.78, 5) is 19.9. The average Bonchev–Trinajstić information content (AvgIpc) is 2.72. The van der Waals surface area contributed by atoms with Gasteiger partial charge in [0.15, 0.2) is 0 Å². The Hall–Kier alpha value is -3.06. The van der Waals surface area contributed by atoms with E-state index in [4.69, 9.17) is 21.1 Å². The third kappa shape index (κ3) is 6.26.